The van der Waals surface area contributed by atoms with E-state index in [-0.39, 0.29) is 5.91 Å². The first-order valence-electron chi connectivity index (χ1n) is 15.1. The van der Waals surface area contributed by atoms with Gasteiger partial charge in [-0.05, 0) is 54.2 Å². The number of amides is 1. The summed E-state index contributed by atoms with van der Waals surface area (Å²) >= 11 is 0. The Bertz CT molecular complexity index is 1830. The van der Waals surface area contributed by atoms with E-state index in [9.17, 15) is 4.79 Å². The molecule has 2 heterocycles. The molecular formula is C37H38N6O. The van der Waals surface area contributed by atoms with E-state index >= 15 is 0 Å². The molecule has 1 atom stereocenters. The lowest BCUT2D eigenvalue weighted by Gasteiger charge is -2.25. The number of rotatable bonds is 11. The van der Waals surface area contributed by atoms with Gasteiger partial charge in [0, 0.05) is 29.9 Å². The number of para-hydroxylation sites is 1. The van der Waals surface area contributed by atoms with Crippen molar-refractivity contribution in [1.82, 2.24) is 25.1 Å². The van der Waals surface area contributed by atoms with Gasteiger partial charge in [-0.15, -0.1) is 10.2 Å². The van der Waals surface area contributed by atoms with Crippen LogP contribution in [0.25, 0.3) is 22.0 Å². The molecule has 44 heavy (non-hydrogen) atoms. The van der Waals surface area contributed by atoms with Crippen LogP contribution < -0.4 is 11.1 Å². The first-order chi connectivity index (χ1) is 21.3. The van der Waals surface area contributed by atoms with Crippen LogP contribution in [0.15, 0.2) is 115 Å². The minimum atomic E-state index is -1.05. The molecule has 0 bridgehead atoms. The molecule has 0 saturated heterocycles. The van der Waals surface area contributed by atoms with Crippen molar-refractivity contribution in [3.05, 3.63) is 144 Å². The number of fused-ring (bicyclic) bond motifs is 1. The first-order valence-corrected chi connectivity index (χ1v) is 15.1. The van der Waals surface area contributed by atoms with Crippen LogP contribution in [0, 0.1) is 0 Å². The maximum absolute atomic E-state index is 13.3. The molecule has 1 unspecified atom stereocenters. The number of aryl methyl sites for hydroxylation is 2. The summed E-state index contributed by atoms with van der Waals surface area (Å²) in [6.45, 7) is 4.01. The molecule has 0 aliphatic carbocycles. The number of hydrogen-bond donors (Lipinski definition) is 3. The molecule has 0 aliphatic heterocycles. The van der Waals surface area contributed by atoms with Crippen molar-refractivity contribution in [2.45, 2.75) is 51.2 Å². The number of H-pyrrole nitrogens is 1. The van der Waals surface area contributed by atoms with Crippen LogP contribution >= 0.6 is 0 Å². The van der Waals surface area contributed by atoms with E-state index in [0.717, 1.165) is 46.3 Å². The van der Waals surface area contributed by atoms with E-state index in [4.69, 9.17) is 15.9 Å². The quantitative estimate of drug-likeness (QED) is 0.165. The summed E-state index contributed by atoms with van der Waals surface area (Å²) in [4.78, 5) is 16.7. The average Bonchev–Trinajstić information content (AvgIpc) is 3.64. The van der Waals surface area contributed by atoms with Crippen molar-refractivity contribution in [2.24, 2.45) is 5.73 Å². The summed E-state index contributed by atoms with van der Waals surface area (Å²) in [6.07, 6.45) is 4.10. The van der Waals surface area contributed by atoms with Crippen LogP contribution in [-0.4, -0.2) is 31.2 Å². The normalized spacial score (nSPS) is 12.3. The monoisotopic (exact) mass is 582 g/mol. The van der Waals surface area contributed by atoms with Gasteiger partial charge in [0.25, 0.3) is 0 Å². The number of benzene rings is 4. The third kappa shape index (κ3) is 6.63. The van der Waals surface area contributed by atoms with Crippen LogP contribution in [-0.2, 0) is 30.6 Å². The van der Waals surface area contributed by atoms with Crippen molar-refractivity contribution in [1.29, 1.82) is 0 Å². The Morgan fingerprint density at radius 1 is 0.818 bits per heavy atom. The fourth-order valence-electron chi connectivity index (χ4n) is 5.55. The van der Waals surface area contributed by atoms with Gasteiger partial charge in [0.2, 0.25) is 5.91 Å². The van der Waals surface area contributed by atoms with Crippen molar-refractivity contribution < 1.29 is 4.79 Å². The lowest BCUT2D eigenvalue weighted by molar-refractivity contribution is -0.126. The van der Waals surface area contributed by atoms with Crippen molar-refractivity contribution in [3.8, 4) is 11.1 Å². The van der Waals surface area contributed by atoms with Gasteiger partial charge in [-0.25, -0.2) is 0 Å². The van der Waals surface area contributed by atoms with Crippen LogP contribution in [0.2, 0.25) is 0 Å². The zero-order chi connectivity index (χ0) is 30.5. The highest BCUT2D eigenvalue weighted by molar-refractivity contribution is 5.86. The standard InChI is InChI=1S/C37H38N6O/c1-37(2,38)36(44)40-33(23-30-24-39-32-16-10-9-15-31(30)32)35-42-41-34(22-19-26-11-5-3-6-12-26)43(35)25-27-17-20-29(21-18-27)28-13-7-4-8-14-28/h3-18,20-21,24,33,39H,19,22-23,25,38H2,1-2H3,(H,40,44). The molecule has 6 aromatic rings. The fraction of sp³-hybridized carbons (Fsp3) is 0.216. The topological polar surface area (TPSA) is 102 Å². The molecule has 1 amide bonds. The zero-order valence-corrected chi connectivity index (χ0v) is 25.2. The molecule has 4 aromatic carbocycles. The molecule has 7 heteroatoms. The Hall–Kier alpha value is -5.01. The molecule has 4 N–H and O–H groups in total. The highest BCUT2D eigenvalue weighted by atomic mass is 16.2. The van der Waals surface area contributed by atoms with Gasteiger partial charge in [-0.1, -0.05) is 103 Å². The summed E-state index contributed by atoms with van der Waals surface area (Å²) in [6, 6.07) is 37.1. The van der Waals surface area contributed by atoms with Gasteiger partial charge < -0.3 is 20.6 Å². The van der Waals surface area contributed by atoms with Gasteiger partial charge >= 0.3 is 0 Å². The Kier molecular flexibility index (Phi) is 8.39. The second-order valence-corrected chi connectivity index (χ2v) is 11.9. The molecule has 0 aliphatic rings. The molecule has 6 rings (SSSR count). The fourth-order valence-corrected chi connectivity index (χ4v) is 5.55. The first kappa shape index (κ1) is 29.1. The van der Waals surface area contributed by atoms with Gasteiger partial charge in [-0.3, -0.25) is 4.79 Å². The largest absolute Gasteiger partial charge is 0.361 e. The van der Waals surface area contributed by atoms with Crippen molar-refractivity contribution in [2.75, 3.05) is 0 Å². The predicted octanol–water partition coefficient (Wildman–Crippen LogP) is 6.40. The van der Waals surface area contributed by atoms with Crippen LogP contribution in [0.4, 0.5) is 0 Å². The van der Waals surface area contributed by atoms with E-state index in [1.807, 2.05) is 30.5 Å². The highest BCUT2D eigenvalue weighted by Crippen LogP contribution is 2.27. The molecule has 7 nitrogen and oxygen atoms in total. The molecule has 0 fully saturated rings. The average molecular weight is 583 g/mol. The van der Waals surface area contributed by atoms with Gasteiger partial charge in [-0.2, -0.15) is 0 Å². The Morgan fingerprint density at radius 2 is 1.48 bits per heavy atom. The van der Waals surface area contributed by atoms with Crippen LogP contribution in [0.5, 0.6) is 0 Å². The lowest BCUT2D eigenvalue weighted by Crippen LogP contribution is -2.50. The Labute approximate surface area is 258 Å². The number of aromatic nitrogens is 4. The lowest BCUT2D eigenvalue weighted by atomic mass is 10.0. The third-order valence-electron chi connectivity index (χ3n) is 8.04. The molecule has 222 valence electrons. The van der Waals surface area contributed by atoms with Gasteiger partial charge in [0.05, 0.1) is 18.1 Å². The third-order valence-corrected chi connectivity index (χ3v) is 8.04. The van der Waals surface area contributed by atoms with E-state index in [1.54, 1.807) is 13.8 Å². The molecular weight excluding hydrogens is 544 g/mol. The zero-order valence-electron chi connectivity index (χ0n) is 25.2. The smallest absolute Gasteiger partial charge is 0.240 e. The molecule has 0 saturated carbocycles. The van der Waals surface area contributed by atoms with E-state index in [1.165, 1.54) is 11.1 Å². The van der Waals surface area contributed by atoms with E-state index in [0.29, 0.717) is 18.8 Å². The van der Waals surface area contributed by atoms with E-state index in [2.05, 4.69) is 99.8 Å². The molecule has 0 spiro atoms. The van der Waals surface area contributed by atoms with Crippen molar-refractivity contribution in [3.63, 3.8) is 0 Å². The predicted molar refractivity (Wildman–Crippen MR) is 176 cm³/mol. The Morgan fingerprint density at radius 3 is 2.20 bits per heavy atom. The molecule has 0 radical (unpaired) electrons. The van der Waals surface area contributed by atoms with Crippen LogP contribution in [0.3, 0.4) is 0 Å². The summed E-state index contributed by atoms with van der Waals surface area (Å²) in [5.41, 5.74) is 12.1. The highest BCUT2D eigenvalue weighted by Gasteiger charge is 2.29. The van der Waals surface area contributed by atoms with E-state index < -0.39 is 11.6 Å². The van der Waals surface area contributed by atoms with Crippen LogP contribution in [0.1, 0.15) is 48.2 Å². The minimum Gasteiger partial charge on any atom is -0.361 e. The summed E-state index contributed by atoms with van der Waals surface area (Å²) in [5, 5.41) is 13.8. The summed E-state index contributed by atoms with van der Waals surface area (Å²) in [7, 11) is 0. The van der Waals surface area contributed by atoms with Gasteiger partial charge in [0.1, 0.15) is 5.82 Å². The number of nitrogens with two attached hydrogens (primary N) is 1. The summed E-state index contributed by atoms with van der Waals surface area (Å²) < 4.78 is 2.17. The second kappa shape index (κ2) is 12.7. The number of aromatic amines is 1. The maximum Gasteiger partial charge on any atom is 0.240 e. The number of nitrogens with one attached hydrogen (secondary N) is 2. The minimum absolute atomic E-state index is 0.241. The van der Waals surface area contributed by atoms with Gasteiger partial charge in [0.15, 0.2) is 5.82 Å². The number of carbonyl (C=O) groups is 1. The maximum atomic E-state index is 13.3. The number of hydrogen-bond acceptors (Lipinski definition) is 4. The molecule has 2 aromatic heterocycles. The summed E-state index contributed by atoms with van der Waals surface area (Å²) in [5.74, 6) is 1.35. The Balaban J connectivity index is 1.37. The second-order valence-electron chi connectivity index (χ2n) is 11.9. The van der Waals surface area contributed by atoms with Crippen molar-refractivity contribution >= 4 is 16.8 Å². The SMILES string of the molecule is CC(C)(N)C(=O)NC(Cc1c[nH]c2ccccc12)c1nnc(CCc2ccccc2)n1Cc1ccc(-c2ccccc2)cc1. The number of carbonyl (C=O) groups excluding carboxylic acids is 1. The number of nitrogens with zero attached hydrogens (tertiary/aromatic N) is 3.